The first-order valence-corrected chi connectivity index (χ1v) is 5.48. The van der Waals surface area contributed by atoms with Crippen molar-refractivity contribution in [1.29, 1.82) is 5.26 Å². The molecule has 1 aromatic carbocycles. The lowest BCUT2D eigenvalue weighted by Crippen LogP contribution is -2.24. The molecule has 18 heavy (non-hydrogen) atoms. The Morgan fingerprint density at radius 3 is 2.39 bits per heavy atom. The van der Waals surface area contributed by atoms with Gasteiger partial charge in [-0.3, -0.25) is 9.59 Å². The normalized spacial score (nSPS) is 10.6. The van der Waals surface area contributed by atoms with Gasteiger partial charge in [0.25, 0.3) is 0 Å². The summed E-state index contributed by atoms with van der Waals surface area (Å²) in [6.45, 7) is 2.92. The van der Waals surface area contributed by atoms with Gasteiger partial charge in [-0.15, -0.1) is 0 Å². The molecule has 0 atom stereocenters. The minimum Gasteiger partial charge on any atom is -0.305 e. The van der Waals surface area contributed by atoms with Gasteiger partial charge in [0.1, 0.15) is 6.54 Å². The van der Waals surface area contributed by atoms with Gasteiger partial charge in [-0.2, -0.15) is 5.26 Å². The number of rotatable bonds is 4. The number of allylic oxidation sites excluding steroid dienone is 1. The molecule has 0 fully saturated rings. The molecule has 4 heteroatoms. The Morgan fingerprint density at radius 2 is 1.89 bits per heavy atom. The summed E-state index contributed by atoms with van der Waals surface area (Å²) in [6.07, 6.45) is 1.42. The molecular formula is C14H14N2O2. The second-order valence-corrected chi connectivity index (χ2v) is 3.81. The van der Waals surface area contributed by atoms with E-state index in [2.05, 4.69) is 0 Å². The predicted molar refractivity (Wildman–Crippen MR) is 67.5 cm³/mol. The summed E-state index contributed by atoms with van der Waals surface area (Å²) in [7, 11) is 0. The first-order chi connectivity index (χ1) is 8.56. The molecule has 1 rings (SSSR count). The topological polar surface area (TPSA) is 61.2 Å². The van der Waals surface area contributed by atoms with E-state index in [1.54, 1.807) is 31.2 Å². The summed E-state index contributed by atoms with van der Waals surface area (Å²) in [6, 6.07) is 10.7. The van der Waals surface area contributed by atoms with Gasteiger partial charge >= 0.3 is 0 Å². The number of nitriles is 1. The van der Waals surface area contributed by atoms with Crippen molar-refractivity contribution in [2.75, 3.05) is 6.54 Å². The molecule has 4 nitrogen and oxygen atoms in total. The summed E-state index contributed by atoms with van der Waals surface area (Å²) in [4.78, 5) is 24.5. The first-order valence-electron chi connectivity index (χ1n) is 5.48. The quantitative estimate of drug-likeness (QED) is 0.461. The molecule has 0 aliphatic heterocycles. The minimum absolute atomic E-state index is 0.0608. The Kier molecular flexibility index (Phi) is 4.82. The molecule has 0 aliphatic carbocycles. The molecule has 0 heterocycles. The predicted octanol–water partition coefficient (Wildman–Crippen LogP) is 2.15. The van der Waals surface area contributed by atoms with Gasteiger partial charge in [0.2, 0.25) is 5.91 Å². The van der Waals surface area contributed by atoms with Gasteiger partial charge in [0, 0.05) is 24.3 Å². The molecule has 0 saturated heterocycles. The van der Waals surface area contributed by atoms with Crippen LogP contribution >= 0.6 is 0 Å². The summed E-state index contributed by atoms with van der Waals surface area (Å²) in [5.41, 5.74) is 0.985. The maximum atomic E-state index is 12.0. The molecule has 1 amide bonds. The molecule has 0 unspecified atom stereocenters. The lowest BCUT2D eigenvalue weighted by atomic mass is 10.1. The Morgan fingerprint density at radius 1 is 1.28 bits per heavy atom. The Hall–Kier alpha value is -2.41. The number of nitrogens with zero attached hydrogens (tertiary/aromatic N) is 2. The van der Waals surface area contributed by atoms with E-state index in [0.29, 0.717) is 11.1 Å². The summed E-state index contributed by atoms with van der Waals surface area (Å²) in [5, 5.41) is 8.60. The van der Waals surface area contributed by atoms with E-state index in [1.807, 2.05) is 12.1 Å². The third-order valence-corrected chi connectivity index (χ3v) is 2.39. The van der Waals surface area contributed by atoms with Crippen molar-refractivity contribution in [1.82, 2.24) is 4.90 Å². The third-order valence-electron chi connectivity index (χ3n) is 2.39. The number of hydrogen-bond acceptors (Lipinski definition) is 3. The van der Waals surface area contributed by atoms with Gasteiger partial charge < -0.3 is 4.90 Å². The monoisotopic (exact) mass is 242 g/mol. The smallest absolute Gasteiger partial charge is 0.224 e. The first kappa shape index (κ1) is 13.7. The number of amides is 1. The van der Waals surface area contributed by atoms with Crippen LogP contribution in [0, 0.1) is 11.3 Å². The fourth-order valence-corrected chi connectivity index (χ4v) is 1.43. The van der Waals surface area contributed by atoms with Crippen molar-refractivity contribution in [2.24, 2.45) is 0 Å². The number of carbonyl (C=O) groups is 2. The number of carbonyl (C=O) groups excluding carboxylic acids is 2. The fraction of sp³-hybridized carbons (Fsp3) is 0.214. The maximum Gasteiger partial charge on any atom is 0.224 e. The zero-order valence-electron chi connectivity index (χ0n) is 10.4. The second-order valence-electron chi connectivity index (χ2n) is 3.81. The molecule has 0 bridgehead atoms. The summed E-state index contributed by atoms with van der Waals surface area (Å²) < 4.78 is 0. The van der Waals surface area contributed by atoms with Crippen molar-refractivity contribution in [3.05, 3.63) is 47.7 Å². The van der Waals surface area contributed by atoms with E-state index in [0.717, 1.165) is 0 Å². The molecule has 0 saturated carbocycles. The van der Waals surface area contributed by atoms with Crippen molar-refractivity contribution >= 4 is 11.7 Å². The van der Waals surface area contributed by atoms with E-state index in [1.165, 1.54) is 18.0 Å². The van der Waals surface area contributed by atoms with Crippen LogP contribution in [0.5, 0.6) is 0 Å². The van der Waals surface area contributed by atoms with Crippen LogP contribution in [0.2, 0.25) is 0 Å². The van der Waals surface area contributed by atoms with E-state index in [-0.39, 0.29) is 18.2 Å². The largest absolute Gasteiger partial charge is 0.305 e. The van der Waals surface area contributed by atoms with Crippen molar-refractivity contribution in [3.8, 4) is 6.07 Å². The summed E-state index contributed by atoms with van der Waals surface area (Å²) in [5.74, 6) is -0.420. The molecule has 0 radical (unpaired) electrons. The standard InChI is InChI=1S/C14H14N2O2/c1-11(10-16(9-8-15)12(2)17)14(18)13-6-4-3-5-7-13/h3-7,10H,9H2,1-2H3/b11-10-. The van der Waals surface area contributed by atoms with Crippen molar-refractivity contribution in [2.45, 2.75) is 13.8 Å². The van der Waals surface area contributed by atoms with Crippen LogP contribution in [0.25, 0.3) is 0 Å². The molecule has 0 aromatic heterocycles. The molecular weight excluding hydrogens is 228 g/mol. The average molecular weight is 242 g/mol. The lowest BCUT2D eigenvalue weighted by molar-refractivity contribution is -0.125. The van der Waals surface area contributed by atoms with E-state index < -0.39 is 0 Å². The zero-order valence-corrected chi connectivity index (χ0v) is 10.4. The van der Waals surface area contributed by atoms with Gasteiger partial charge in [-0.05, 0) is 6.92 Å². The van der Waals surface area contributed by atoms with E-state index >= 15 is 0 Å². The van der Waals surface area contributed by atoms with Gasteiger partial charge in [0.15, 0.2) is 5.78 Å². The number of Topliss-reactive ketones (excluding diaryl/α,β-unsaturated/α-hetero) is 1. The second kappa shape index (κ2) is 6.36. The minimum atomic E-state index is -0.267. The number of benzene rings is 1. The van der Waals surface area contributed by atoms with Crippen LogP contribution in [-0.2, 0) is 4.79 Å². The molecule has 0 spiro atoms. The molecule has 0 N–H and O–H groups in total. The molecule has 0 aliphatic rings. The van der Waals surface area contributed by atoms with Gasteiger partial charge in [-0.1, -0.05) is 30.3 Å². The van der Waals surface area contributed by atoms with Crippen LogP contribution < -0.4 is 0 Å². The highest BCUT2D eigenvalue weighted by molar-refractivity contribution is 6.08. The highest BCUT2D eigenvalue weighted by Gasteiger charge is 2.11. The van der Waals surface area contributed by atoms with Crippen molar-refractivity contribution in [3.63, 3.8) is 0 Å². The van der Waals surface area contributed by atoms with Gasteiger partial charge in [0.05, 0.1) is 6.07 Å². The van der Waals surface area contributed by atoms with Crippen LogP contribution in [0.1, 0.15) is 24.2 Å². The highest BCUT2D eigenvalue weighted by atomic mass is 16.2. The number of hydrogen-bond donors (Lipinski definition) is 0. The molecule has 1 aromatic rings. The van der Waals surface area contributed by atoms with Crippen LogP contribution in [-0.4, -0.2) is 23.1 Å². The van der Waals surface area contributed by atoms with Crippen LogP contribution in [0.3, 0.4) is 0 Å². The van der Waals surface area contributed by atoms with E-state index in [4.69, 9.17) is 5.26 Å². The van der Waals surface area contributed by atoms with Crippen LogP contribution in [0.4, 0.5) is 0 Å². The maximum absolute atomic E-state index is 12.0. The SMILES string of the molecule is CC(=O)N(/C=C(/C)C(=O)c1ccccc1)CC#N. The Bertz CT molecular complexity index is 512. The average Bonchev–Trinajstić information content (AvgIpc) is 2.38. The van der Waals surface area contributed by atoms with E-state index in [9.17, 15) is 9.59 Å². The fourth-order valence-electron chi connectivity index (χ4n) is 1.43. The highest BCUT2D eigenvalue weighted by Crippen LogP contribution is 2.08. The Balaban J connectivity index is 2.92. The molecule has 92 valence electrons. The third kappa shape index (κ3) is 3.56. The van der Waals surface area contributed by atoms with Gasteiger partial charge in [-0.25, -0.2) is 0 Å². The van der Waals surface area contributed by atoms with Crippen LogP contribution in [0.15, 0.2) is 42.1 Å². The Labute approximate surface area is 106 Å². The lowest BCUT2D eigenvalue weighted by Gasteiger charge is -2.13. The number of ketones is 1. The zero-order chi connectivity index (χ0) is 13.5. The van der Waals surface area contributed by atoms with Crippen molar-refractivity contribution < 1.29 is 9.59 Å². The summed E-state index contributed by atoms with van der Waals surface area (Å²) >= 11 is 0.